The van der Waals surface area contributed by atoms with Crippen molar-refractivity contribution in [2.24, 2.45) is 11.7 Å². The summed E-state index contributed by atoms with van der Waals surface area (Å²) in [6.07, 6.45) is 0. The smallest absolute Gasteiger partial charge is 0.305 e. The monoisotopic (exact) mass is 258 g/mol. The number of rotatable bonds is 6. The van der Waals surface area contributed by atoms with E-state index in [-0.39, 0.29) is 0 Å². The van der Waals surface area contributed by atoms with Crippen LogP contribution in [0, 0.1) is 21.8 Å². The maximum Gasteiger partial charge on any atom is 0.305 e. The molecule has 0 aliphatic heterocycles. The minimum absolute atomic E-state index is 0.363. The Labute approximate surface area is 104 Å². The van der Waals surface area contributed by atoms with E-state index in [1.165, 1.54) is 23.9 Å². The maximum absolute atomic E-state index is 13.6. The molecule has 0 amide bonds. The number of benzene rings is 1. The van der Waals surface area contributed by atoms with Gasteiger partial charge in [0, 0.05) is 17.4 Å². The maximum atomic E-state index is 13.6. The Kier molecular flexibility index (Phi) is 5.37. The molecule has 0 radical (unpaired) electrons. The van der Waals surface area contributed by atoms with Crippen molar-refractivity contribution in [2.75, 3.05) is 12.3 Å². The zero-order chi connectivity index (χ0) is 12.8. The lowest BCUT2D eigenvalue weighted by atomic mass is 10.2. The summed E-state index contributed by atoms with van der Waals surface area (Å²) in [5, 5.41) is 10.5. The van der Waals surface area contributed by atoms with Crippen LogP contribution in [0.3, 0.4) is 0 Å². The summed E-state index contributed by atoms with van der Waals surface area (Å²) in [5.41, 5.74) is 5.37. The van der Waals surface area contributed by atoms with E-state index in [1.807, 2.05) is 6.92 Å². The largest absolute Gasteiger partial charge is 0.330 e. The Bertz CT molecular complexity index is 401. The zero-order valence-corrected chi connectivity index (χ0v) is 10.4. The summed E-state index contributed by atoms with van der Waals surface area (Å²) in [7, 11) is 0. The van der Waals surface area contributed by atoms with Crippen molar-refractivity contribution in [1.29, 1.82) is 0 Å². The molecular weight excluding hydrogens is 243 g/mol. The number of nitrogens with two attached hydrogens (primary N) is 1. The lowest BCUT2D eigenvalue weighted by Gasteiger charge is -2.08. The third kappa shape index (κ3) is 3.98. The number of nitro benzene ring substituents is 1. The van der Waals surface area contributed by atoms with E-state index in [9.17, 15) is 14.5 Å². The molecule has 6 heteroatoms. The molecule has 0 spiro atoms. The molecule has 4 nitrogen and oxygen atoms in total. The van der Waals surface area contributed by atoms with Crippen LogP contribution in [0.1, 0.15) is 12.5 Å². The van der Waals surface area contributed by atoms with Crippen molar-refractivity contribution in [1.82, 2.24) is 0 Å². The Hall–Kier alpha value is -1.14. The molecule has 0 aliphatic rings. The molecule has 1 aromatic rings. The summed E-state index contributed by atoms with van der Waals surface area (Å²) in [4.78, 5) is 9.84. The van der Waals surface area contributed by atoms with Gasteiger partial charge in [0.1, 0.15) is 0 Å². The summed E-state index contributed by atoms with van der Waals surface area (Å²) < 4.78 is 13.6. The highest BCUT2D eigenvalue weighted by Gasteiger charge is 2.16. The van der Waals surface area contributed by atoms with Gasteiger partial charge < -0.3 is 5.73 Å². The number of halogens is 1. The topological polar surface area (TPSA) is 69.2 Å². The van der Waals surface area contributed by atoms with E-state index in [2.05, 4.69) is 0 Å². The van der Waals surface area contributed by atoms with E-state index in [0.29, 0.717) is 23.8 Å². The highest BCUT2D eigenvalue weighted by molar-refractivity contribution is 7.98. The highest BCUT2D eigenvalue weighted by atomic mass is 32.2. The van der Waals surface area contributed by atoms with E-state index < -0.39 is 16.4 Å². The van der Waals surface area contributed by atoms with Gasteiger partial charge >= 0.3 is 5.69 Å². The molecule has 0 saturated carbocycles. The highest BCUT2D eigenvalue weighted by Crippen LogP contribution is 2.24. The van der Waals surface area contributed by atoms with E-state index in [0.717, 1.165) is 5.75 Å². The molecule has 0 fully saturated rings. The second kappa shape index (κ2) is 6.56. The Balaban J connectivity index is 2.66. The van der Waals surface area contributed by atoms with E-state index >= 15 is 0 Å². The molecule has 0 aliphatic carbocycles. The van der Waals surface area contributed by atoms with Crippen molar-refractivity contribution < 1.29 is 9.31 Å². The van der Waals surface area contributed by atoms with Gasteiger partial charge in [0.05, 0.1) is 4.92 Å². The standard InChI is InChI=1S/C11H15FN2O2S/c1-8(5-13)6-17-7-9-3-2-4-10(11(9)12)14(15)16/h2-4,8H,5-7,13H2,1H3. The van der Waals surface area contributed by atoms with Crippen molar-refractivity contribution in [2.45, 2.75) is 12.7 Å². The molecule has 1 unspecified atom stereocenters. The third-order valence-corrected chi connectivity index (χ3v) is 3.64. The predicted molar refractivity (Wildman–Crippen MR) is 67.4 cm³/mol. The van der Waals surface area contributed by atoms with Gasteiger partial charge in [0.25, 0.3) is 0 Å². The van der Waals surface area contributed by atoms with Gasteiger partial charge in [0.2, 0.25) is 5.82 Å². The molecule has 0 aromatic heterocycles. The van der Waals surface area contributed by atoms with Crippen LogP contribution in [0.2, 0.25) is 0 Å². The first-order valence-corrected chi connectivity index (χ1v) is 6.41. The van der Waals surface area contributed by atoms with Crippen LogP contribution in [-0.4, -0.2) is 17.2 Å². The number of hydrogen-bond acceptors (Lipinski definition) is 4. The van der Waals surface area contributed by atoms with E-state index in [1.54, 1.807) is 6.07 Å². The molecule has 0 heterocycles. The summed E-state index contributed by atoms with van der Waals surface area (Å²) in [6, 6.07) is 4.25. The molecule has 1 rings (SSSR count). The molecule has 0 bridgehead atoms. The van der Waals surface area contributed by atoms with Gasteiger partial charge in [0.15, 0.2) is 0 Å². The van der Waals surface area contributed by atoms with Crippen molar-refractivity contribution in [3.05, 3.63) is 39.7 Å². The van der Waals surface area contributed by atoms with Crippen LogP contribution in [0.4, 0.5) is 10.1 Å². The Morgan fingerprint density at radius 2 is 2.29 bits per heavy atom. The first-order valence-electron chi connectivity index (χ1n) is 5.25. The molecule has 0 saturated heterocycles. The van der Waals surface area contributed by atoms with Crippen LogP contribution in [-0.2, 0) is 5.75 Å². The van der Waals surface area contributed by atoms with Gasteiger partial charge in [-0.2, -0.15) is 16.2 Å². The first kappa shape index (κ1) is 13.9. The minimum atomic E-state index is -0.731. The van der Waals surface area contributed by atoms with Crippen LogP contribution in [0.15, 0.2) is 18.2 Å². The third-order valence-electron chi connectivity index (χ3n) is 2.32. The zero-order valence-electron chi connectivity index (χ0n) is 9.56. The molecule has 1 aromatic carbocycles. The molecular formula is C11H15FN2O2S. The Morgan fingerprint density at radius 3 is 2.88 bits per heavy atom. The average molecular weight is 258 g/mol. The Morgan fingerprint density at radius 1 is 1.59 bits per heavy atom. The van der Waals surface area contributed by atoms with Gasteiger partial charge in [-0.1, -0.05) is 19.1 Å². The van der Waals surface area contributed by atoms with Crippen molar-refractivity contribution in [3.63, 3.8) is 0 Å². The number of thioether (sulfide) groups is 1. The van der Waals surface area contributed by atoms with Gasteiger partial charge in [-0.15, -0.1) is 0 Å². The van der Waals surface area contributed by atoms with Gasteiger partial charge in [-0.05, 0) is 18.2 Å². The van der Waals surface area contributed by atoms with Crippen molar-refractivity contribution >= 4 is 17.4 Å². The van der Waals surface area contributed by atoms with Crippen LogP contribution >= 0.6 is 11.8 Å². The molecule has 1 atom stereocenters. The van der Waals surface area contributed by atoms with E-state index in [4.69, 9.17) is 5.73 Å². The second-order valence-electron chi connectivity index (χ2n) is 3.86. The lowest BCUT2D eigenvalue weighted by Crippen LogP contribution is -2.12. The molecule has 94 valence electrons. The average Bonchev–Trinajstić information content (AvgIpc) is 2.30. The fourth-order valence-electron chi connectivity index (χ4n) is 1.26. The SMILES string of the molecule is CC(CN)CSCc1cccc([N+](=O)[O-])c1F. The summed E-state index contributed by atoms with van der Waals surface area (Å²) in [6.45, 7) is 2.60. The lowest BCUT2D eigenvalue weighted by molar-refractivity contribution is -0.387. The fraction of sp³-hybridized carbons (Fsp3) is 0.455. The minimum Gasteiger partial charge on any atom is -0.330 e. The normalized spacial score (nSPS) is 12.4. The van der Waals surface area contributed by atoms with Gasteiger partial charge in [-0.25, -0.2) is 0 Å². The quantitative estimate of drug-likeness (QED) is 0.629. The molecule has 2 N–H and O–H groups in total. The summed E-state index contributed by atoms with van der Waals surface area (Å²) in [5.74, 6) is 0.878. The number of hydrogen-bond donors (Lipinski definition) is 1. The number of nitro groups is 1. The first-order chi connectivity index (χ1) is 8.06. The predicted octanol–water partition coefficient (Wildman–Crippen LogP) is 2.56. The second-order valence-corrected chi connectivity index (χ2v) is 4.89. The fourth-order valence-corrected chi connectivity index (χ4v) is 2.36. The van der Waals surface area contributed by atoms with Crippen LogP contribution < -0.4 is 5.73 Å². The van der Waals surface area contributed by atoms with Crippen LogP contribution in [0.25, 0.3) is 0 Å². The van der Waals surface area contributed by atoms with Crippen LogP contribution in [0.5, 0.6) is 0 Å². The number of nitrogens with zero attached hydrogens (tertiary/aromatic N) is 1. The van der Waals surface area contributed by atoms with Crippen molar-refractivity contribution in [3.8, 4) is 0 Å². The summed E-state index contributed by atoms with van der Waals surface area (Å²) >= 11 is 1.53. The van der Waals surface area contributed by atoms with Gasteiger partial charge in [-0.3, -0.25) is 10.1 Å². The molecule has 17 heavy (non-hydrogen) atoms.